The van der Waals surface area contributed by atoms with Crippen LogP contribution in [0.2, 0.25) is 0 Å². The van der Waals surface area contributed by atoms with Gasteiger partial charge in [0.25, 0.3) is 0 Å². The molecule has 6 nitrogen and oxygen atoms in total. The van der Waals surface area contributed by atoms with Gasteiger partial charge in [-0.05, 0) is 31.3 Å². The zero-order valence-electron chi connectivity index (χ0n) is 18.4. The standard InChI is InChI=1S/C24H26FN3O3S/c1-4-28(5-2)13-6-7-18-16-20-24(32-18)22(10-12-26-20)31-21-9-8-17(15-19(21)25)27-23(29)11-14-30-3/h8-10,12,15-16H,4-5,11,13-14H2,1-3H3,(H,27,29). The van der Waals surface area contributed by atoms with Crippen LogP contribution < -0.4 is 10.1 Å². The molecule has 1 N–H and O–H groups in total. The van der Waals surface area contributed by atoms with Crippen LogP contribution >= 0.6 is 11.3 Å². The number of nitrogens with one attached hydrogen (secondary N) is 1. The molecule has 168 valence electrons. The molecule has 8 heteroatoms. The van der Waals surface area contributed by atoms with E-state index in [-0.39, 0.29) is 18.1 Å². The number of aromatic nitrogens is 1. The van der Waals surface area contributed by atoms with Crippen molar-refractivity contribution in [3.8, 4) is 23.3 Å². The summed E-state index contributed by atoms with van der Waals surface area (Å²) in [6.07, 6.45) is 1.82. The average molecular weight is 456 g/mol. The molecule has 3 rings (SSSR count). The molecule has 1 amide bonds. The van der Waals surface area contributed by atoms with Gasteiger partial charge in [0, 0.05) is 31.1 Å². The molecule has 0 saturated carbocycles. The maximum absolute atomic E-state index is 14.6. The molecule has 0 aliphatic heterocycles. The number of hydrogen-bond acceptors (Lipinski definition) is 6. The lowest BCUT2D eigenvalue weighted by atomic mass is 10.2. The normalized spacial score (nSPS) is 10.8. The third-order valence-corrected chi connectivity index (χ3v) is 5.81. The van der Waals surface area contributed by atoms with E-state index in [1.165, 1.54) is 30.6 Å². The molecule has 32 heavy (non-hydrogen) atoms. The van der Waals surface area contributed by atoms with Crippen molar-refractivity contribution in [3.05, 3.63) is 47.2 Å². The third kappa shape index (κ3) is 6.26. The van der Waals surface area contributed by atoms with Crippen LogP contribution in [0.1, 0.15) is 25.1 Å². The minimum atomic E-state index is -0.574. The van der Waals surface area contributed by atoms with Crippen LogP contribution in [0.3, 0.4) is 0 Å². The molecule has 0 aliphatic carbocycles. The predicted molar refractivity (Wildman–Crippen MR) is 126 cm³/mol. The first-order chi connectivity index (χ1) is 15.5. The predicted octanol–water partition coefficient (Wildman–Crippen LogP) is 4.90. The van der Waals surface area contributed by atoms with E-state index in [1.807, 2.05) is 6.07 Å². The summed E-state index contributed by atoms with van der Waals surface area (Å²) in [7, 11) is 1.52. The maximum Gasteiger partial charge on any atom is 0.226 e. The monoisotopic (exact) mass is 455 g/mol. The number of nitrogens with zero attached hydrogens (tertiary/aromatic N) is 2. The lowest BCUT2D eigenvalue weighted by Gasteiger charge is -2.12. The summed E-state index contributed by atoms with van der Waals surface area (Å²) in [5.41, 5.74) is 1.11. The van der Waals surface area contributed by atoms with Gasteiger partial charge >= 0.3 is 0 Å². The van der Waals surface area contributed by atoms with Crippen molar-refractivity contribution in [2.75, 3.05) is 38.7 Å². The van der Waals surface area contributed by atoms with Gasteiger partial charge < -0.3 is 14.8 Å². The van der Waals surface area contributed by atoms with Gasteiger partial charge in [0.05, 0.1) is 34.7 Å². The van der Waals surface area contributed by atoms with Crippen molar-refractivity contribution < 1.29 is 18.7 Å². The SMILES string of the molecule is CCN(CC)CC#Cc1cc2nccc(Oc3ccc(NC(=O)CCOC)cc3F)c2s1. The Bertz CT molecular complexity index is 1130. The molecular formula is C24H26FN3O3S. The number of pyridine rings is 1. The van der Waals surface area contributed by atoms with Crippen LogP contribution in [-0.2, 0) is 9.53 Å². The van der Waals surface area contributed by atoms with Crippen LogP contribution in [0.5, 0.6) is 11.5 Å². The second-order valence-electron chi connectivity index (χ2n) is 6.94. The van der Waals surface area contributed by atoms with Crippen LogP contribution in [0.25, 0.3) is 10.2 Å². The van der Waals surface area contributed by atoms with E-state index in [1.54, 1.807) is 18.3 Å². The fraction of sp³-hybridized carbons (Fsp3) is 0.333. The van der Waals surface area contributed by atoms with Crippen LogP contribution in [0.15, 0.2) is 36.5 Å². The summed E-state index contributed by atoms with van der Waals surface area (Å²) in [5.74, 6) is 6.13. The van der Waals surface area contributed by atoms with Crippen molar-refractivity contribution in [2.45, 2.75) is 20.3 Å². The number of carbonyl (C=O) groups is 1. The molecule has 0 saturated heterocycles. The second kappa shape index (κ2) is 11.6. The van der Waals surface area contributed by atoms with Crippen molar-refractivity contribution in [3.63, 3.8) is 0 Å². The molecule has 0 unspecified atom stereocenters. The Morgan fingerprint density at radius 2 is 2.03 bits per heavy atom. The van der Waals surface area contributed by atoms with Crippen LogP contribution in [-0.4, -0.2) is 49.1 Å². The molecule has 0 radical (unpaired) electrons. The highest BCUT2D eigenvalue weighted by atomic mass is 32.1. The van der Waals surface area contributed by atoms with Gasteiger partial charge in [-0.3, -0.25) is 14.7 Å². The maximum atomic E-state index is 14.6. The van der Waals surface area contributed by atoms with E-state index in [9.17, 15) is 9.18 Å². The molecule has 3 aromatic rings. The highest BCUT2D eigenvalue weighted by Crippen LogP contribution is 2.35. The number of amides is 1. The van der Waals surface area contributed by atoms with E-state index >= 15 is 0 Å². The molecule has 2 aromatic heterocycles. The summed E-state index contributed by atoms with van der Waals surface area (Å²) in [6, 6.07) is 7.94. The minimum absolute atomic E-state index is 0.0648. The Morgan fingerprint density at radius 1 is 1.22 bits per heavy atom. The molecular weight excluding hydrogens is 429 g/mol. The van der Waals surface area contributed by atoms with E-state index in [2.05, 4.69) is 40.9 Å². The molecule has 1 aromatic carbocycles. The number of anilines is 1. The number of thiophene rings is 1. The van der Waals surface area contributed by atoms with Gasteiger partial charge in [-0.2, -0.15) is 0 Å². The highest BCUT2D eigenvalue weighted by molar-refractivity contribution is 7.19. The summed E-state index contributed by atoms with van der Waals surface area (Å²) < 4.78 is 26.1. The minimum Gasteiger partial charge on any atom is -0.453 e. The Kier molecular flexibility index (Phi) is 8.56. The zero-order chi connectivity index (χ0) is 22.9. The van der Waals surface area contributed by atoms with Crippen molar-refractivity contribution in [1.82, 2.24) is 9.88 Å². The lowest BCUT2D eigenvalue weighted by Crippen LogP contribution is -2.22. The van der Waals surface area contributed by atoms with E-state index < -0.39 is 5.82 Å². The first-order valence-corrected chi connectivity index (χ1v) is 11.2. The number of fused-ring (bicyclic) bond motifs is 1. The van der Waals surface area contributed by atoms with Gasteiger partial charge in [0.1, 0.15) is 5.75 Å². The highest BCUT2D eigenvalue weighted by Gasteiger charge is 2.12. The van der Waals surface area contributed by atoms with Gasteiger partial charge in [-0.15, -0.1) is 11.3 Å². The molecule has 0 aliphatic rings. The first-order valence-electron chi connectivity index (χ1n) is 10.4. The fourth-order valence-corrected chi connectivity index (χ4v) is 3.88. The van der Waals surface area contributed by atoms with Gasteiger partial charge in [-0.25, -0.2) is 4.39 Å². The Labute approximate surface area is 191 Å². The van der Waals surface area contributed by atoms with Crippen molar-refractivity contribution in [1.29, 1.82) is 0 Å². The van der Waals surface area contributed by atoms with Crippen LogP contribution in [0, 0.1) is 17.7 Å². The Morgan fingerprint density at radius 3 is 2.75 bits per heavy atom. The summed E-state index contributed by atoms with van der Waals surface area (Å²) in [6.45, 7) is 7.14. The topological polar surface area (TPSA) is 63.7 Å². The molecule has 0 spiro atoms. The largest absolute Gasteiger partial charge is 0.453 e. The average Bonchev–Trinajstić information content (AvgIpc) is 3.21. The summed E-state index contributed by atoms with van der Waals surface area (Å²) in [4.78, 5) is 19.3. The van der Waals surface area contributed by atoms with Crippen LogP contribution in [0.4, 0.5) is 10.1 Å². The first kappa shape index (κ1) is 23.7. The molecule has 0 atom stereocenters. The number of halogens is 1. The Balaban J connectivity index is 1.75. The Hall–Kier alpha value is -2.99. The number of hydrogen-bond donors (Lipinski definition) is 1. The smallest absolute Gasteiger partial charge is 0.226 e. The summed E-state index contributed by atoms with van der Waals surface area (Å²) >= 11 is 1.46. The number of carbonyl (C=O) groups excluding carboxylic acids is 1. The van der Waals surface area contributed by atoms with E-state index in [0.29, 0.717) is 24.6 Å². The van der Waals surface area contributed by atoms with Gasteiger partial charge in [-0.1, -0.05) is 25.7 Å². The lowest BCUT2D eigenvalue weighted by molar-refractivity contribution is -0.117. The number of benzene rings is 1. The third-order valence-electron chi connectivity index (χ3n) is 4.75. The molecule has 0 fully saturated rings. The summed E-state index contributed by atoms with van der Waals surface area (Å²) in [5, 5.41) is 2.64. The number of methoxy groups -OCH3 is 1. The van der Waals surface area contributed by atoms with Crippen molar-refractivity contribution in [2.24, 2.45) is 0 Å². The fourth-order valence-electron chi connectivity index (χ4n) is 2.94. The molecule has 0 bridgehead atoms. The molecule has 2 heterocycles. The number of rotatable bonds is 9. The quantitative estimate of drug-likeness (QED) is 0.465. The van der Waals surface area contributed by atoms with E-state index in [4.69, 9.17) is 9.47 Å². The van der Waals surface area contributed by atoms with E-state index in [0.717, 1.165) is 28.2 Å². The van der Waals surface area contributed by atoms with Crippen molar-refractivity contribution >= 4 is 33.1 Å². The van der Waals surface area contributed by atoms with Gasteiger partial charge in [0.2, 0.25) is 5.91 Å². The van der Waals surface area contributed by atoms with Gasteiger partial charge in [0.15, 0.2) is 11.6 Å². The zero-order valence-corrected chi connectivity index (χ0v) is 19.2. The number of ether oxygens (including phenoxy) is 2. The second-order valence-corrected chi connectivity index (χ2v) is 7.99.